The minimum atomic E-state index is -4.72. The van der Waals surface area contributed by atoms with Gasteiger partial charge in [0.2, 0.25) is 5.82 Å². The van der Waals surface area contributed by atoms with Gasteiger partial charge in [0.05, 0.1) is 6.20 Å². The van der Waals surface area contributed by atoms with Gasteiger partial charge in [0.25, 0.3) is 5.89 Å². The van der Waals surface area contributed by atoms with E-state index in [2.05, 4.69) is 24.9 Å². The zero-order valence-corrected chi connectivity index (χ0v) is 11.2. The Bertz CT molecular complexity index is 777. The molecule has 1 aromatic carbocycles. The van der Waals surface area contributed by atoms with Crippen LogP contribution < -0.4 is 4.74 Å². The molecular formula is C13H9F3N4O2. The molecule has 0 unspecified atom stereocenters. The van der Waals surface area contributed by atoms with Crippen LogP contribution in [0.1, 0.15) is 5.82 Å². The first-order chi connectivity index (χ1) is 10.4. The molecule has 0 fully saturated rings. The van der Waals surface area contributed by atoms with E-state index < -0.39 is 6.36 Å². The third-order valence-electron chi connectivity index (χ3n) is 2.67. The van der Waals surface area contributed by atoms with Crippen molar-refractivity contribution in [1.29, 1.82) is 0 Å². The molecule has 0 aliphatic heterocycles. The molecule has 9 heteroatoms. The molecule has 0 saturated carbocycles. The Morgan fingerprint density at radius 1 is 1.18 bits per heavy atom. The van der Waals surface area contributed by atoms with Gasteiger partial charge in [0.15, 0.2) is 5.76 Å². The number of ether oxygens (including phenoxy) is 1. The number of hydrogen-bond donors (Lipinski definition) is 1. The predicted octanol–water partition coefficient (Wildman–Crippen LogP) is 3.33. The van der Waals surface area contributed by atoms with Crippen molar-refractivity contribution in [3.8, 4) is 28.8 Å². The maximum atomic E-state index is 12.1. The number of nitrogens with one attached hydrogen (secondary N) is 1. The Hall–Kier alpha value is -2.84. The standard InChI is InChI=1S/C13H9F3N4O2/c1-7-18-11(20-19-7)12-17-6-10(21-12)8-2-4-9(5-3-8)22-13(14,15)16/h2-6H,1H3,(H,18,19,20). The van der Waals surface area contributed by atoms with E-state index in [9.17, 15) is 13.2 Å². The number of nitrogens with zero attached hydrogens (tertiary/aromatic N) is 3. The second-order valence-corrected chi connectivity index (χ2v) is 4.35. The summed E-state index contributed by atoms with van der Waals surface area (Å²) in [5.41, 5.74) is 0.556. The van der Waals surface area contributed by atoms with Gasteiger partial charge in [-0.2, -0.15) is 0 Å². The molecule has 0 radical (unpaired) electrons. The summed E-state index contributed by atoms with van der Waals surface area (Å²) in [7, 11) is 0. The van der Waals surface area contributed by atoms with Gasteiger partial charge in [-0.3, -0.25) is 5.10 Å². The molecule has 0 aliphatic carbocycles. The van der Waals surface area contributed by atoms with Crippen LogP contribution in [0, 0.1) is 6.92 Å². The number of H-pyrrole nitrogens is 1. The van der Waals surface area contributed by atoms with Gasteiger partial charge in [0.1, 0.15) is 11.6 Å². The van der Waals surface area contributed by atoms with Crippen LogP contribution in [0.2, 0.25) is 0 Å². The molecular weight excluding hydrogens is 301 g/mol. The largest absolute Gasteiger partial charge is 0.573 e. The van der Waals surface area contributed by atoms with Crippen molar-refractivity contribution in [2.45, 2.75) is 13.3 Å². The Balaban J connectivity index is 1.81. The van der Waals surface area contributed by atoms with Crippen LogP contribution in [0.5, 0.6) is 5.75 Å². The molecule has 0 bridgehead atoms. The first-order valence-electron chi connectivity index (χ1n) is 6.12. The molecule has 0 saturated heterocycles. The second-order valence-electron chi connectivity index (χ2n) is 4.35. The van der Waals surface area contributed by atoms with Crippen molar-refractivity contribution in [3.63, 3.8) is 0 Å². The Kier molecular flexibility index (Phi) is 3.32. The van der Waals surface area contributed by atoms with Crippen LogP contribution in [-0.4, -0.2) is 26.5 Å². The molecule has 1 N–H and O–H groups in total. The third-order valence-corrected chi connectivity index (χ3v) is 2.67. The molecule has 114 valence electrons. The van der Waals surface area contributed by atoms with Gasteiger partial charge in [0, 0.05) is 5.56 Å². The molecule has 2 aromatic heterocycles. The fraction of sp³-hybridized carbons (Fsp3) is 0.154. The summed E-state index contributed by atoms with van der Waals surface area (Å²) in [6.45, 7) is 1.74. The Labute approximate surface area is 122 Å². The van der Waals surface area contributed by atoms with Crippen molar-refractivity contribution < 1.29 is 22.3 Å². The van der Waals surface area contributed by atoms with Crippen molar-refractivity contribution in [2.24, 2.45) is 0 Å². The maximum absolute atomic E-state index is 12.1. The number of benzene rings is 1. The lowest BCUT2D eigenvalue weighted by molar-refractivity contribution is -0.274. The van der Waals surface area contributed by atoms with E-state index in [1.807, 2.05) is 0 Å². The number of alkyl halides is 3. The number of aromatic amines is 1. The summed E-state index contributed by atoms with van der Waals surface area (Å²) < 4.78 is 45.6. The van der Waals surface area contributed by atoms with Crippen LogP contribution >= 0.6 is 0 Å². The first-order valence-corrected chi connectivity index (χ1v) is 6.12. The van der Waals surface area contributed by atoms with Crippen LogP contribution in [-0.2, 0) is 0 Å². The van der Waals surface area contributed by atoms with Crippen LogP contribution in [0.25, 0.3) is 23.0 Å². The zero-order chi connectivity index (χ0) is 15.7. The monoisotopic (exact) mass is 310 g/mol. The average Bonchev–Trinajstić information content (AvgIpc) is 3.06. The number of aryl methyl sites for hydroxylation is 1. The predicted molar refractivity (Wildman–Crippen MR) is 68.7 cm³/mol. The van der Waals surface area contributed by atoms with E-state index in [1.165, 1.54) is 30.5 Å². The molecule has 3 aromatic rings. The third kappa shape index (κ3) is 3.08. The molecule has 22 heavy (non-hydrogen) atoms. The fourth-order valence-corrected chi connectivity index (χ4v) is 1.77. The summed E-state index contributed by atoms with van der Waals surface area (Å²) >= 11 is 0. The van der Waals surface area contributed by atoms with E-state index in [0.29, 0.717) is 23.0 Å². The SMILES string of the molecule is Cc1nc(-c2ncc(-c3ccc(OC(F)(F)F)cc3)o2)n[nH]1. The zero-order valence-electron chi connectivity index (χ0n) is 11.2. The van der Waals surface area contributed by atoms with Crippen molar-refractivity contribution in [1.82, 2.24) is 20.2 Å². The van der Waals surface area contributed by atoms with Crippen LogP contribution in [0.4, 0.5) is 13.2 Å². The quantitative estimate of drug-likeness (QED) is 0.803. The van der Waals surface area contributed by atoms with Gasteiger partial charge in [-0.15, -0.1) is 18.3 Å². The molecule has 2 heterocycles. The normalized spacial score (nSPS) is 11.6. The van der Waals surface area contributed by atoms with Gasteiger partial charge in [-0.1, -0.05) is 0 Å². The molecule has 0 atom stereocenters. The van der Waals surface area contributed by atoms with Crippen molar-refractivity contribution in [2.75, 3.05) is 0 Å². The first kappa shape index (κ1) is 14.1. The van der Waals surface area contributed by atoms with E-state index in [4.69, 9.17) is 4.42 Å². The van der Waals surface area contributed by atoms with Gasteiger partial charge in [-0.25, -0.2) is 9.97 Å². The minimum Gasteiger partial charge on any atom is -0.434 e. The smallest absolute Gasteiger partial charge is 0.434 e. The van der Waals surface area contributed by atoms with E-state index in [1.54, 1.807) is 6.92 Å². The lowest BCUT2D eigenvalue weighted by Crippen LogP contribution is -2.16. The number of aromatic nitrogens is 4. The van der Waals surface area contributed by atoms with Gasteiger partial charge in [-0.05, 0) is 31.2 Å². The van der Waals surface area contributed by atoms with Gasteiger partial charge >= 0.3 is 6.36 Å². The van der Waals surface area contributed by atoms with Crippen LogP contribution in [0.3, 0.4) is 0 Å². The minimum absolute atomic E-state index is 0.218. The highest BCUT2D eigenvalue weighted by atomic mass is 19.4. The van der Waals surface area contributed by atoms with Crippen LogP contribution in [0.15, 0.2) is 34.9 Å². The maximum Gasteiger partial charge on any atom is 0.573 e. The number of hydrogen-bond acceptors (Lipinski definition) is 5. The van der Waals surface area contributed by atoms with E-state index in [0.717, 1.165) is 0 Å². The average molecular weight is 310 g/mol. The topological polar surface area (TPSA) is 76.8 Å². The highest BCUT2D eigenvalue weighted by Gasteiger charge is 2.31. The Morgan fingerprint density at radius 3 is 2.50 bits per heavy atom. The molecule has 3 rings (SSSR count). The lowest BCUT2D eigenvalue weighted by atomic mass is 10.2. The number of oxazole rings is 1. The summed E-state index contributed by atoms with van der Waals surface area (Å²) in [5, 5.41) is 6.57. The number of halogens is 3. The highest BCUT2D eigenvalue weighted by molar-refractivity contribution is 5.59. The van der Waals surface area contributed by atoms with Gasteiger partial charge < -0.3 is 9.15 Å². The van der Waals surface area contributed by atoms with Crippen molar-refractivity contribution >= 4 is 0 Å². The highest BCUT2D eigenvalue weighted by Crippen LogP contribution is 2.28. The summed E-state index contributed by atoms with van der Waals surface area (Å²) in [4.78, 5) is 8.11. The molecule has 0 amide bonds. The second kappa shape index (κ2) is 5.17. The molecule has 0 aliphatic rings. The Morgan fingerprint density at radius 2 is 1.91 bits per heavy atom. The summed E-state index contributed by atoms with van der Waals surface area (Å²) in [5.74, 6) is 1.22. The van der Waals surface area contributed by atoms with E-state index in [-0.39, 0.29) is 11.6 Å². The molecule has 6 nitrogen and oxygen atoms in total. The van der Waals surface area contributed by atoms with E-state index >= 15 is 0 Å². The number of rotatable bonds is 3. The fourth-order valence-electron chi connectivity index (χ4n) is 1.77. The summed E-state index contributed by atoms with van der Waals surface area (Å²) in [6, 6.07) is 5.27. The lowest BCUT2D eigenvalue weighted by Gasteiger charge is -2.08. The molecule has 0 spiro atoms. The van der Waals surface area contributed by atoms with Crippen molar-refractivity contribution in [3.05, 3.63) is 36.3 Å². The summed E-state index contributed by atoms with van der Waals surface area (Å²) in [6.07, 6.45) is -3.27.